The minimum Gasteiger partial charge on any atom is -0.505 e. The second kappa shape index (κ2) is 20.1. The van der Waals surface area contributed by atoms with Crippen LogP contribution >= 0.6 is 12.0 Å². The zero-order chi connectivity index (χ0) is 46.3. The van der Waals surface area contributed by atoms with E-state index in [0.29, 0.717) is 0 Å². The Morgan fingerprint density at radius 3 is 1.95 bits per heavy atom. The third-order valence-electron chi connectivity index (χ3n) is 7.86. The van der Waals surface area contributed by atoms with Crippen LogP contribution in [0, 0.1) is 0 Å². The van der Waals surface area contributed by atoms with Crippen LogP contribution in [-0.2, 0) is 68.3 Å². The first-order chi connectivity index (χ1) is 28.7. The molecule has 0 aromatic heterocycles. The van der Waals surface area contributed by atoms with Gasteiger partial charge in [0.25, 0.3) is 16.0 Å². The van der Waals surface area contributed by atoms with Crippen LogP contribution in [0.3, 0.4) is 0 Å². The molecule has 4 rings (SSSR count). The lowest BCUT2D eigenvalue weighted by atomic mass is 10.1. The number of nitrogens with two attached hydrogens (primary N) is 1. The molecule has 1 amide bonds. The second-order valence-corrected chi connectivity index (χ2v) is 20.9. The van der Waals surface area contributed by atoms with Gasteiger partial charge >= 0.3 is 20.8 Å². The molecule has 62 heavy (non-hydrogen) atoms. The van der Waals surface area contributed by atoms with Crippen LogP contribution in [-0.4, -0.2) is 121 Å². The average molecular weight is 989 g/mol. The SMILES string of the molecule is CN(CCS(=O)(=O)CCOS(=O)(=O)O)C(=O)c1cccc(/N=N/c2c(SOOO)cc3cc(S(=O)(=O)O)c(/N=N/c4ccc(S(=O)(=O)CCOS(=O)(=O)O)cc4)c(N)c3c2O)c1. The highest BCUT2D eigenvalue weighted by molar-refractivity contribution is 7.94. The number of nitrogen functional groups attached to an aromatic ring is 1. The number of phenols is 1. The normalized spacial score (nSPS) is 13.0. The van der Waals surface area contributed by atoms with E-state index in [0.717, 1.165) is 41.3 Å². The molecule has 0 bridgehead atoms. The Morgan fingerprint density at radius 1 is 0.758 bits per heavy atom. The highest BCUT2D eigenvalue weighted by atomic mass is 32.3. The van der Waals surface area contributed by atoms with Gasteiger partial charge < -0.3 is 15.7 Å². The van der Waals surface area contributed by atoms with Crippen molar-refractivity contribution in [3.8, 4) is 5.75 Å². The highest BCUT2D eigenvalue weighted by Gasteiger charge is 2.26. The van der Waals surface area contributed by atoms with Crippen molar-refractivity contribution >= 4 is 108 Å². The molecule has 4 aromatic rings. The third kappa shape index (κ3) is 14.1. The van der Waals surface area contributed by atoms with E-state index in [-0.39, 0.29) is 56.1 Å². The largest absolute Gasteiger partial charge is 0.505 e. The molecule has 0 saturated carbocycles. The van der Waals surface area contributed by atoms with Gasteiger partial charge in [0.05, 0.1) is 74.8 Å². The van der Waals surface area contributed by atoms with E-state index in [2.05, 4.69) is 38.2 Å². The van der Waals surface area contributed by atoms with E-state index in [4.69, 9.17) is 20.1 Å². The summed E-state index contributed by atoms with van der Waals surface area (Å²) in [5.74, 6) is -3.68. The molecule has 0 radical (unpaired) electrons. The summed E-state index contributed by atoms with van der Waals surface area (Å²) in [5, 5.41) is 39.1. The molecule has 0 atom stereocenters. The lowest BCUT2D eigenvalue weighted by Gasteiger charge is -2.17. The van der Waals surface area contributed by atoms with Gasteiger partial charge in [0.15, 0.2) is 25.4 Å². The van der Waals surface area contributed by atoms with Crippen LogP contribution in [0.2, 0.25) is 0 Å². The van der Waals surface area contributed by atoms with Crippen LogP contribution in [0.1, 0.15) is 10.4 Å². The number of hydrogen-bond donors (Lipinski definition) is 6. The van der Waals surface area contributed by atoms with E-state index in [1.807, 2.05) is 0 Å². The van der Waals surface area contributed by atoms with Gasteiger partial charge in [-0.2, -0.15) is 35.5 Å². The summed E-state index contributed by atoms with van der Waals surface area (Å²) in [4.78, 5) is 12.7. The summed E-state index contributed by atoms with van der Waals surface area (Å²) < 4.78 is 157. The number of phenolic OH excluding ortho intramolecular Hbond substituents is 1. The molecule has 0 aliphatic carbocycles. The van der Waals surface area contributed by atoms with Crippen LogP contribution < -0.4 is 5.73 Å². The number of anilines is 1. The number of amides is 1. The maximum Gasteiger partial charge on any atom is 0.397 e. The Bertz CT molecular complexity index is 2970. The van der Waals surface area contributed by atoms with E-state index >= 15 is 0 Å². The number of nitrogens with zero attached hydrogens (tertiary/aromatic N) is 5. The van der Waals surface area contributed by atoms with Crippen molar-refractivity contribution in [1.29, 1.82) is 0 Å². The quantitative estimate of drug-likeness (QED) is 0.0174. The maximum absolute atomic E-state index is 13.1. The monoisotopic (exact) mass is 988 g/mol. The first-order valence-electron chi connectivity index (χ1n) is 16.4. The summed E-state index contributed by atoms with van der Waals surface area (Å²) in [6.45, 7) is -2.07. The van der Waals surface area contributed by atoms with Gasteiger partial charge in [0.1, 0.15) is 16.3 Å². The summed E-state index contributed by atoms with van der Waals surface area (Å²) in [6.07, 6.45) is 0. The highest BCUT2D eigenvalue weighted by Crippen LogP contribution is 2.49. The predicted octanol–water partition coefficient (Wildman–Crippen LogP) is 3.53. The van der Waals surface area contributed by atoms with Gasteiger partial charge in [-0.25, -0.2) is 30.5 Å². The fourth-order valence-corrected chi connectivity index (χ4v) is 9.14. The minimum absolute atomic E-state index is 0.0102. The molecule has 0 aliphatic rings. The number of sulfone groups is 2. The summed E-state index contributed by atoms with van der Waals surface area (Å²) in [6, 6.07) is 11.7. The Kier molecular flexibility index (Phi) is 16.2. The maximum atomic E-state index is 13.1. The lowest BCUT2D eigenvalue weighted by Crippen LogP contribution is -2.32. The zero-order valence-electron chi connectivity index (χ0n) is 31.1. The number of hydrogen-bond acceptors (Lipinski definition) is 23. The van der Waals surface area contributed by atoms with Gasteiger partial charge in [-0.15, -0.1) is 14.6 Å². The number of benzene rings is 4. The van der Waals surface area contributed by atoms with Crippen molar-refractivity contribution in [3.05, 3.63) is 66.2 Å². The Morgan fingerprint density at radius 2 is 1.35 bits per heavy atom. The van der Waals surface area contributed by atoms with Crippen LogP contribution in [0.15, 0.2) is 95.8 Å². The molecule has 338 valence electrons. The van der Waals surface area contributed by atoms with E-state index in [1.54, 1.807) is 0 Å². The molecule has 4 aromatic carbocycles. The fraction of sp³-hybridized carbons (Fsp3) is 0.233. The van der Waals surface area contributed by atoms with Crippen molar-refractivity contribution in [3.63, 3.8) is 0 Å². The van der Waals surface area contributed by atoms with Gasteiger partial charge in [-0.1, -0.05) is 11.1 Å². The number of aromatic hydroxyl groups is 1. The van der Waals surface area contributed by atoms with E-state index in [9.17, 15) is 56.5 Å². The third-order valence-corrected chi connectivity index (χ3v) is 13.6. The number of fused-ring (bicyclic) bond motifs is 1. The van der Waals surface area contributed by atoms with E-state index < -0.39 is 115 Å². The van der Waals surface area contributed by atoms with Crippen molar-refractivity contribution in [2.24, 2.45) is 20.5 Å². The van der Waals surface area contributed by atoms with Gasteiger partial charge in [-0.3, -0.25) is 18.5 Å². The summed E-state index contributed by atoms with van der Waals surface area (Å²) in [7, 11) is -21.7. The molecule has 0 saturated heterocycles. The predicted molar refractivity (Wildman–Crippen MR) is 214 cm³/mol. The molecule has 32 heteroatoms. The Labute approximate surface area is 356 Å². The molecule has 26 nitrogen and oxygen atoms in total. The molecular weight excluding hydrogens is 957 g/mol. The topological polar surface area (TPSA) is 405 Å². The Hall–Kier alpha value is -4.81. The average Bonchev–Trinajstić information content (AvgIpc) is 3.16. The first kappa shape index (κ1) is 49.8. The number of rotatable bonds is 21. The van der Waals surface area contributed by atoms with Crippen molar-refractivity contribution in [2.45, 2.75) is 14.7 Å². The number of azo groups is 2. The molecule has 7 N–H and O–H groups in total. The molecule has 0 spiro atoms. The van der Waals surface area contributed by atoms with Gasteiger partial charge in [-0.05, 0) is 60.0 Å². The van der Waals surface area contributed by atoms with Crippen molar-refractivity contribution in [2.75, 3.05) is 49.8 Å². The van der Waals surface area contributed by atoms with Crippen molar-refractivity contribution in [1.82, 2.24) is 4.90 Å². The molecule has 0 fully saturated rings. The van der Waals surface area contributed by atoms with Crippen LogP contribution in [0.5, 0.6) is 5.75 Å². The first-order valence-corrected chi connectivity index (χ1v) is 24.8. The molecule has 0 unspecified atom stereocenters. The van der Waals surface area contributed by atoms with Gasteiger partial charge in [0.2, 0.25) is 0 Å². The number of carbonyl (C=O) groups excluding carboxylic acids is 1. The van der Waals surface area contributed by atoms with Crippen molar-refractivity contribution < 1.29 is 88.6 Å². The second-order valence-electron chi connectivity index (χ2n) is 12.1. The standard InChI is InChI=1S/C30H32N6O20S6/c1-36(9-12-58(40,41)13-10-53-61(47,48)49)30(38)18-3-2-4-21(15-18)33-34-27-23(57-56-55-39)16-19-17-24(60(44,45)46)28(26(31)25(19)29(27)37)35-32-20-5-7-22(8-6-20)59(42,43)14-11-54-62(50,51)52/h2-8,15-17,37,39H,9-14,31H2,1H3,(H,44,45,46)(H,47,48,49)(H,50,51,52)/b34-33+,35-32+. The van der Waals surface area contributed by atoms with E-state index in [1.165, 1.54) is 31.3 Å². The minimum atomic E-state index is -5.14. The molecular formula is C30H32N6O20S6. The molecule has 0 aliphatic heterocycles. The lowest BCUT2D eigenvalue weighted by molar-refractivity contribution is -0.432. The smallest absolute Gasteiger partial charge is 0.397 e. The summed E-state index contributed by atoms with van der Waals surface area (Å²) in [5.41, 5.74) is 4.45. The van der Waals surface area contributed by atoms with Gasteiger partial charge in [0, 0.05) is 19.2 Å². The summed E-state index contributed by atoms with van der Waals surface area (Å²) >= 11 is 0.247. The van der Waals surface area contributed by atoms with Crippen LogP contribution in [0.4, 0.5) is 28.4 Å². The molecule has 0 heterocycles. The van der Waals surface area contributed by atoms with Crippen LogP contribution in [0.25, 0.3) is 10.8 Å². The Balaban J connectivity index is 1.67. The number of carbonyl (C=O) groups is 1. The fourth-order valence-electron chi connectivity index (χ4n) is 4.99. The zero-order valence-corrected chi connectivity index (χ0v) is 36.0.